The minimum Gasteiger partial charge on any atom is -0.456 e. The van der Waals surface area contributed by atoms with Crippen LogP contribution in [0.2, 0.25) is 0 Å². The molecule has 7 heteroatoms. The van der Waals surface area contributed by atoms with Crippen LogP contribution in [0.25, 0.3) is 17.4 Å². The summed E-state index contributed by atoms with van der Waals surface area (Å²) in [7, 11) is 0. The van der Waals surface area contributed by atoms with Crippen molar-refractivity contribution in [1.82, 2.24) is 0 Å². The summed E-state index contributed by atoms with van der Waals surface area (Å²) in [4.78, 5) is 19.9. The number of nitro groups is 2. The van der Waals surface area contributed by atoms with E-state index in [1.165, 1.54) is 18.2 Å². The van der Waals surface area contributed by atoms with Crippen LogP contribution in [0.1, 0.15) is 11.3 Å². The van der Waals surface area contributed by atoms with Crippen LogP contribution in [0.5, 0.6) is 0 Å². The van der Waals surface area contributed by atoms with Crippen LogP contribution < -0.4 is 0 Å². The molecule has 2 aromatic rings. The Morgan fingerprint density at radius 1 is 1.15 bits per heavy atom. The van der Waals surface area contributed by atoms with Gasteiger partial charge in [-0.2, -0.15) is 0 Å². The molecule has 0 radical (unpaired) electrons. The highest BCUT2D eigenvalue weighted by molar-refractivity contribution is 5.66. The number of furan rings is 1. The van der Waals surface area contributed by atoms with Gasteiger partial charge in [0.05, 0.1) is 15.9 Å². The second kappa shape index (κ2) is 5.35. The van der Waals surface area contributed by atoms with Gasteiger partial charge in [0.2, 0.25) is 6.20 Å². The first kappa shape index (κ1) is 13.5. The van der Waals surface area contributed by atoms with Crippen LogP contribution in [0.15, 0.2) is 40.9 Å². The largest absolute Gasteiger partial charge is 0.456 e. The number of non-ortho nitro benzene ring substituents is 1. The lowest BCUT2D eigenvalue weighted by atomic mass is 10.1. The number of nitro benzene ring substituents is 1. The first-order valence-corrected chi connectivity index (χ1v) is 5.64. The van der Waals surface area contributed by atoms with Gasteiger partial charge in [0, 0.05) is 17.7 Å². The molecular weight excluding hydrogens is 264 g/mol. The Balaban J connectivity index is 2.39. The predicted molar refractivity (Wildman–Crippen MR) is 71.6 cm³/mol. The molecule has 0 N–H and O–H groups in total. The third-order valence-electron chi connectivity index (χ3n) is 2.68. The van der Waals surface area contributed by atoms with Gasteiger partial charge in [-0.25, -0.2) is 0 Å². The summed E-state index contributed by atoms with van der Waals surface area (Å²) in [6, 6.07) is 7.63. The van der Waals surface area contributed by atoms with Gasteiger partial charge >= 0.3 is 0 Å². The van der Waals surface area contributed by atoms with Gasteiger partial charge < -0.3 is 4.42 Å². The maximum atomic E-state index is 10.8. The maximum absolute atomic E-state index is 10.8. The summed E-state index contributed by atoms with van der Waals surface area (Å²) in [5.41, 5.74) is 1.36. The summed E-state index contributed by atoms with van der Waals surface area (Å²) >= 11 is 0. The number of rotatable bonds is 4. The molecule has 0 unspecified atom stereocenters. The SMILES string of the molecule is Cc1ccc([N+](=O)[O-])cc1-c1ccc(/C=C/[N+](=O)[O-])o1. The topological polar surface area (TPSA) is 99.4 Å². The van der Waals surface area contributed by atoms with Crippen molar-refractivity contribution in [2.75, 3.05) is 0 Å². The highest BCUT2D eigenvalue weighted by atomic mass is 16.6. The van der Waals surface area contributed by atoms with Crippen molar-refractivity contribution < 1.29 is 14.3 Å². The van der Waals surface area contributed by atoms with E-state index in [9.17, 15) is 20.2 Å². The lowest BCUT2D eigenvalue weighted by Crippen LogP contribution is -1.89. The molecule has 0 fully saturated rings. The van der Waals surface area contributed by atoms with Crippen molar-refractivity contribution in [1.29, 1.82) is 0 Å². The van der Waals surface area contributed by atoms with Gasteiger partial charge in [0.25, 0.3) is 5.69 Å². The number of benzene rings is 1. The molecule has 1 aromatic carbocycles. The average Bonchev–Trinajstić information content (AvgIpc) is 2.85. The minimum absolute atomic E-state index is 0.0376. The van der Waals surface area contributed by atoms with Crippen molar-refractivity contribution in [3.05, 3.63) is 68.1 Å². The third-order valence-corrected chi connectivity index (χ3v) is 2.68. The number of hydrogen-bond donors (Lipinski definition) is 0. The second-order valence-corrected chi connectivity index (χ2v) is 4.06. The van der Waals surface area contributed by atoms with Crippen LogP contribution in [0.3, 0.4) is 0 Å². The Bertz CT molecular complexity index is 703. The van der Waals surface area contributed by atoms with E-state index in [1.807, 2.05) is 0 Å². The first-order valence-electron chi connectivity index (χ1n) is 5.64. The zero-order chi connectivity index (χ0) is 14.7. The molecule has 1 heterocycles. The van der Waals surface area contributed by atoms with Gasteiger partial charge in [-0.05, 0) is 24.6 Å². The summed E-state index contributed by atoms with van der Waals surface area (Å²) in [5.74, 6) is 0.733. The minimum atomic E-state index is -0.596. The van der Waals surface area contributed by atoms with Gasteiger partial charge in [-0.1, -0.05) is 6.07 Å². The standard InChI is InChI=1S/C13H10N2O5/c1-9-2-3-10(15(18)19)8-12(9)13-5-4-11(20-13)6-7-14(16)17/h2-8H,1H3/b7-6+. The lowest BCUT2D eigenvalue weighted by molar-refractivity contribution is -0.401. The normalized spacial score (nSPS) is 10.8. The Labute approximate surface area is 113 Å². The van der Waals surface area contributed by atoms with Crippen molar-refractivity contribution >= 4 is 11.8 Å². The van der Waals surface area contributed by atoms with E-state index in [-0.39, 0.29) is 5.69 Å². The Hall–Kier alpha value is -2.96. The fraction of sp³-hybridized carbons (Fsp3) is 0.0769. The van der Waals surface area contributed by atoms with Crippen LogP contribution in [-0.2, 0) is 0 Å². The Kier molecular flexibility index (Phi) is 3.60. The van der Waals surface area contributed by atoms with Gasteiger partial charge in [0.15, 0.2) is 0 Å². The Morgan fingerprint density at radius 2 is 1.90 bits per heavy atom. The smallest absolute Gasteiger partial charge is 0.270 e. The molecule has 0 saturated heterocycles. The molecule has 20 heavy (non-hydrogen) atoms. The van der Waals surface area contributed by atoms with Gasteiger partial charge in [-0.15, -0.1) is 0 Å². The highest BCUT2D eigenvalue weighted by Gasteiger charge is 2.12. The monoisotopic (exact) mass is 274 g/mol. The fourth-order valence-electron chi connectivity index (χ4n) is 1.71. The predicted octanol–water partition coefficient (Wildman–Crippen LogP) is 3.41. The molecule has 1 aromatic heterocycles. The zero-order valence-corrected chi connectivity index (χ0v) is 10.5. The van der Waals surface area contributed by atoms with Gasteiger partial charge in [-0.3, -0.25) is 20.2 Å². The molecule has 2 rings (SSSR count). The summed E-state index contributed by atoms with van der Waals surface area (Å²) < 4.78 is 5.42. The summed E-state index contributed by atoms with van der Waals surface area (Å²) in [6.07, 6.45) is 1.99. The molecule has 0 amide bonds. The molecule has 0 aliphatic carbocycles. The second-order valence-electron chi connectivity index (χ2n) is 4.06. The summed E-state index contributed by atoms with van der Waals surface area (Å²) in [5, 5.41) is 21.0. The number of hydrogen-bond acceptors (Lipinski definition) is 5. The molecule has 0 atom stereocenters. The molecule has 0 aliphatic rings. The first-order chi connectivity index (χ1) is 9.47. The molecular formula is C13H10N2O5. The van der Waals surface area contributed by atoms with Gasteiger partial charge in [0.1, 0.15) is 11.5 Å². The van der Waals surface area contributed by atoms with E-state index >= 15 is 0 Å². The third kappa shape index (κ3) is 2.89. The van der Waals surface area contributed by atoms with Crippen molar-refractivity contribution in [3.8, 4) is 11.3 Å². The maximum Gasteiger partial charge on any atom is 0.270 e. The Morgan fingerprint density at radius 3 is 2.55 bits per heavy atom. The molecule has 0 bridgehead atoms. The zero-order valence-electron chi connectivity index (χ0n) is 10.5. The lowest BCUT2D eigenvalue weighted by Gasteiger charge is -2.02. The van der Waals surface area contributed by atoms with Crippen LogP contribution in [0, 0.1) is 27.2 Å². The van der Waals surface area contributed by atoms with E-state index in [0.717, 1.165) is 11.8 Å². The molecule has 102 valence electrons. The van der Waals surface area contributed by atoms with Crippen molar-refractivity contribution in [2.45, 2.75) is 6.92 Å². The molecule has 0 spiro atoms. The molecule has 0 saturated carbocycles. The van der Waals surface area contributed by atoms with Crippen LogP contribution in [0.4, 0.5) is 5.69 Å². The number of nitrogens with zero attached hydrogens (tertiary/aromatic N) is 2. The summed E-state index contributed by atoms with van der Waals surface area (Å²) in [6.45, 7) is 1.80. The van der Waals surface area contributed by atoms with Crippen molar-refractivity contribution in [2.24, 2.45) is 0 Å². The fourth-order valence-corrected chi connectivity index (χ4v) is 1.71. The highest BCUT2D eigenvalue weighted by Crippen LogP contribution is 2.29. The molecule has 0 aliphatic heterocycles. The quantitative estimate of drug-likeness (QED) is 0.628. The van der Waals surface area contributed by atoms with Crippen molar-refractivity contribution in [3.63, 3.8) is 0 Å². The van der Waals surface area contributed by atoms with Crippen LogP contribution >= 0.6 is 0 Å². The van der Waals surface area contributed by atoms with Crippen LogP contribution in [-0.4, -0.2) is 9.85 Å². The average molecular weight is 274 g/mol. The van der Waals surface area contributed by atoms with E-state index in [4.69, 9.17) is 4.42 Å². The van der Waals surface area contributed by atoms with E-state index in [0.29, 0.717) is 17.1 Å². The van der Waals surface area contributed by atoms with E-state index < -0.39 is 9.85 Å². The molecule has 7 nitrogen and oxygen atoms in total. The van der Waals surface area contributed by atoms with E-state index in [1.54, 1.807) is 25.1 Å². The van der Waals surface area contributed by atoms with E-state index in [2.05, 4.69) is 0 Å². The number of aryl methyl sites for hydroxylation is 1.